The van der Waals surface area contributed by atoms with Gasteiger partial charge in [0.05, 0.1) is 20.5 Å². The first-order chi connectivity index (χ1) is 13.8. The highest BCUT2D eigenvalue weighted by Gasteiger charge is 2.21. The maximum Gasteiger partial charge on any atom is 0.261 e. The summed E-state index contributed by atoms with van der Waals surface area (Å²) in [7, 11) is -3.93. The molecule has 4 rings (SSSR count). The van der Waals surface area contributed by atoms with Crippen LogP contribution in [0, 0.1) is 5.82 Å². The third kappa shape index (κ3) is 4.10. The number of hydrogen-bond donors (Lipinski definition) is 1. The average molecular weight is 455 g/mol. The van der Waals surface area contributed by atoms with Gasteiger partial charge in [-0.25, -0.2) is 12.8 Å². The molecule has 2 heterocycles. The summed E-state index contributed by atoms with van der Waals surface area (Å²) >= 11 is 11.8. The molecule has 1 N–H and O–H groups in total. The predicted octanol–water partition coefficient (Wildman–Crippen LogP) is 4.92. The average Bonchev–Trinajstić information content (AvgIpc) is 2.93. The second kappa shape index (κ2) is 7.93. The van der Waals surface area contributed by atoms with E-state index in [4.69, 9.17) is 23.2 Å². The van der Waals surface area contributed by atoms with Crippen LogP contribution in [0.2, 0.25) is 10.0 Å². The zero-order chi connectivity index (χ0) is 20.6. The van der Waals surface area contributed by atoms with E-state index in [0.717, 1.165) is 31.5 Å². The molecule has 2 aromatic carbocycles. The van der Waals surface area contributed by atoms with Crippen molar-refractivity contribution in [2.24, 2.45) is 0 Å². The minimum Gasteiger partial charge on any atom is -0.311 e. The van der Waals surface area contributed by atoms with Crippen molar-refractivity contribution in [2.45, 2.75) is 37.1 Å². The number of aromatic nitrogens is 3. The molecule has 6 nitrogen and oxygen atoms in total. The van der Waals surface area contributed by atoms with E-state index >= 15 is 0 Å². The van der Waals surface area contributed by atoms with Crippen molar-refractivity contribution in [3.8, 4) is 11.4 Å². The monoisotopic (exact) mass is 454 g/mol. The number of benzene rings is 2. The van der Waals surface area contributed by atoms with Crippen molar-refractivity contribution < 1.29 is 12.8 Å². The second-order valence-electron chi connectivity index (χ2n) is 6.78. The minimum atomic E-state index is -3.93. The Morgan fingerprint density at radius 3 is 2.62 bits per heavy atom. The summed E-state index contributed by atoms with van der Waals surface area (Å²) in [5.74, 6) is 0.718. The highest BCUT2D eigenvalue weighted by Crippen LogP contribution is 2.30. The fourth-order valence-corrected chi connectivity index (χ4v) is 4.74. The first-order valence-electron chi connectivity index (χ1n) is 9.05. The molecule has 0 spiro atoms. The number of nitrogens with zero attached hydrogens (tertiary/aromatic N) is 3. The predicted molar refractivity (Wildman–Crippen MR) is 110 cm³/mol. The molecule has 0 bridgehead atoms. The Bertz CT molecular complexity index is 1180. The minimum absolute atomic E-state index is 0.0471. The van der Waals surface area contributed by atoms with Crippen LogP contribution < -0.4 is 4.72 Å². The molecule has 0 atom stereocenters. The van der Waals surface area contributed by atoms with Gasteiger partial charge in [-0.2, -0.15) is 0 Å². The van der Waals surface area contributed by atoms with E-state index < -0.39 is 15.8 Å². The van der Waals surface area contributed by atoms with Crippen LogP contribution in [0.1, 0.15) is 25.1 Å². The van der Waals surface area contributed by atoms with Crippen molar-refractivity contribution >= 4 is 38.9 Å². The normalized spacial score (nSPS) is 14.3. The van der Waals surface area contributed by atoms with Crippen LogP contribution >= 0.6 is 23.2 Å². The third-order valence-corrected chi connectivity index (χ3v) is 6.89. The Hall–Kier alpha value is -2.16. The van der Waals surface area contributed by atoms with Crippen molar-refractivity contribution in [3.05, 3.63) is 58.1 Å². The first kappa shape index (κ1) is 20.1. The van der Waals surface area contributed by atoms with Gasteiger partial charge >= 0.3 is 0 Å². The highest BCUT2D eigenvalue weighted by molar-refractivity contribution is 7.92. The van der Waals surface area contributed by atoms with E-state index in [0.29, 0.717) is 12.4 Å². The van der Waals surface area contributed by atoms with Crippen LogP contribution in [0.15, 0.2) is 41.3 Å². The molecule has 10 heteroatoms. The third-order valence-electron chi connectivity index (χ3n) is 4.77. The first-order valence-corrected chi connectivity index (χ1v) is 11.3. The summed E-state index contributed by atoms with van der Waals surface area (Å²) < 4.78 is 44.3. The van der Waals surface area contributed by atoms with Gasteiger partial charge in [-0.05, 0) is 49.2 Å². The smallest absolute Gasteiger partial charge is 0.261 e. The quantitative estimate of drug-likeness (QED) is 0.606. The van der Waals surface area contributed by atoms with Crippen LogP contribution in [0.5, 0.6) is 0 Å². The topological polar surface area (TPSA) is 76.9 Å². The molecule has 1 aliphatic rings. The molecule has 0 aliphatic carbocycles. The standard InChI is InChI=1S/C19H17Cl2FN4O2S/c20-15-7-6-13(11-16(15)21)29(27,28)25-12-5-8-17(22)14(10-12)19-24-23-18-4-2-1-3-9-26(18)19/h5-8,10-11,25H,1-4,9H2. The lowest BCUT2D eigenvalue weighted by atomic mass is 10.1. The molecule has 0 saturated carbocycles. The van der Waals surface area contributed by atoms with Crippen LogP contribution in [-0.2, 0) is 23.0 Å². The van der Waals surface area contributed by atoms with Gasteiger partial charge in [0, 0.05) is 18.7 Å². The molecular weight excluding hydrogens is 438 g/mol. The van der Waals surface area contributed by atoms with Crippen LogP contribution in [-0.4, -0.2) is 23.2 Å². The van der Waals surface area contributed by atoms with Gasteiger partial charge in [0.25, 0.3) is 10.0 Å². The van der Waals surface area contributed by atoms with Crippen LogP contribution in [0.3, 0.4) is 0 Å². The molecule has 0 radical (unpaired) electrons. The van der Waals surface area contributed by atoms with Gasteiger partial charge < -0.3 is 4.57 Å². The zero-order valence-corrected chi connectivity index (χ0v) is 17.5. The second-order valence-corrected chi connectivity index (χ2v) is 9.27. The lowest BCUT2D eigenvalue weighted by molar-refractivity contribution is 0.601. The largest absolute Gasteiger partial charge is 0.311 e. The SMILES string of the molecule is O=S(=O)(Nc1ccc(F)c(-c2nnc3n2CCCCC3)c1)c1ccc(Cl)c(Cl)c1. The van der Waals surface area contributed by atoms with Crippen LogP contribution in [0.25, 0.3) is 11.4 Å². The summed E-state index contributed by atoms with van der Waals surface area (Å²) in [4.78, 5) is -0.0471. The molecule has 1 aromatic heterocycles. The van der Waals surface area contributed by atoms with Gasteiger partial charge in [0.1, 0.15) is 11.6 Å². The number of rotatable bonds is 4. The number of aryl methyl sites for hydroxylation is 1. The lowest BCUT2D eigenvalue weighted by Crippen LogP contribution is -2.13. The summed E-state index contributed by atoms with van der Waals surface area (Å²) in [6.07, 6.45) is 3.85. The fourth-order valence-electron chi connectivity index (χ4n) is 3.30. The molecular formula is C19H17Cl2FN4O2S. The Balaban J connectivity index is 1.69. The fraction of sp³-hybridized carbons (Fsp3) is 0.263. The van der Waals surface area contributed by atoms with Gasteiger partial charge in [0.15, 0.2) is 5.82 Å². The molecule has 0 fully saturated rings. The van der Waals surface area contributed by atoms with Crippen molar-refractivity contribution in [2.75, 3.05) is 4.72 Å². The maximum absolute atomic E-state index is 14.6. The Labute approximate surface area is 177 Å². The molecule has 152 valence electrons. The lowest BCUT2D eigenvalue weighted by Gasteiger charge is -2.12. The Kier molecular flexibility index (Phi) is 5.50. The van der Waals surface area contributed by atoms with Gasteiger partial charge in [-0.1, -0.05) is 29.6 Å². The number of anilines is 1. The van der Waals surface area contributed by atoms with Crippen molar-refractivity contribution in [1.29, 1.82) is 0 Å². The van der Waals surface area contributed by atoms with Gasteiger partial charge in [-0.15, -0.1) is 10.2 Å². The Morgan fingerprint density at radius 1 is 1.00 bits per heavy atom. The number of fused-ring (bicyclic) bond motifs is 1. The zero-order valence-electron chi connectivity index (χ0n) is 15.2. The van der Waals surface area contributed by atoms with Gasteiger partial charge in [-0.3, -0.25) is 4.72 Å². The van der Waals surface area contributed by atoms with E-state index in [-0.39, 0.29) is 26.2 Å². The summed E-state index contributed by atoms with van der Waals surface area (Å²) in [5, 5.41) is 8.71. The number of sulfonamides is 1. The summed E-state index contributed by atoms with van der Waals surface area (Å²) in [6, 6.07) is 8.00. The number of hydrogen-bond acceptors (Lipinski definition) is 4. The molecule has 0 saturated heterocycles. The summed E-state index contributed by atoms with van der Waals surface area (Å²) in [6.45, 7) is 0.705. The molecule has 0 unspecified atom stereocenters. The maximum atomic E-state index is 14.6. The molecule has 0 amide bonds. The van der Waals surface area contributed by atoms with E-state index in [1.54, 1.807) is 0 Å². The summed E-state index contributed by atoms with van der Waals surface area (Å²) in [5.41, 5.74) is 0.401. The van der Waals surface area contributed by atoms with E-state index in [1.165, 1.54) is 36.4 Å². The molecule has 29 heavy (non-hydrogen) atoms. The van der Waals surface area contributed by atoms with Crippen molar-refractivity contribution in [3.63, 3.8) is 0 Å². The van der Waals surface area contributed by atoms with Gasteiger partial charge in [0.2, 0.25) is 0 Å². The van der Waals surface area contributed by atoms with Crippen molar-refractivity contribution in [1.82, 2.24) is 14.8 Å². The highest BCUT2D eigenvalue weighted by atomic mass is 35.5. The molecule has 1 aliphatic heterocycles. The Morgan fingerprint density at radius 2 is 1.83 bits per heavy atom. The molecule has 3 aromatic rings. The van der Waals surface area contributed by atoms with E-state index in [2.05, 4.69) is 14.9 Å². The van der Waals surface area contributed by atoms with Crippen LogP contribution in [0.4, 0.5) is 10.1 Å². The number of halogens is 3. The van der Waals surface area contributed by atoms with E-state index in [9.17, 15) is 12.8 Å². The van der Waals surface area contributed by atoms with E-state index in [1.807, 2.05) is 4.57 Å². The number of nitrogens with one attached hydrogen (secondary N) is 1.